The number of fused-ring (bicyclic) bond motifs is 3. The van der Waals surface area contributed by atoms with Crippen LogP contribution in [0.4, 0.5) is 5.82 Å². The highest BCUT2D eigenvalue weighted by Crippen LogP contribution is 2.39. The number of nitrogens with zero attached hydrogens (tertiary/aromatic N) is 5. The molecule has 1 amide bonds. The van der Waals surface area contributed by atoms with Crippen LogP contribution in [0.3, 0.4) is 0 Å². The molecule has 0 radical (unpaired) electrons. The molecule has 3 aromatic heterocycles. The van der Waals surface area contributed by atoms with Gasteiger partial charge in [-0.2, -0.15) is 10.4 Å². The van der Waals surface area contributed by atoms with Gasteiger partial charge in [-0.15, -0.1) is 0 Å². The minimum atomic E-state index is -0.0463. The SMILES string of the molecule is C=C(C)C(=O)NC1C2CCC1CN(c1ccc(-c3cc(OCC)cn4ncc(C#N)c34)cn1)C2. The Kier molecular flexibility index (Phi) is 5.70. The van der Waals surface area contributed by atoms with E-state index >= 15 is 0 Å². The zero-order valence-corrected chi connectivity index (χ0v) is 19.5. The third-order valence-corrected chi connectivity index (χ3v) is 6.92. The summed E-state index contributed by atoms with van der Waals surface area (Å²) in [6, 6.07) is 8.45. The number of carbonyl (C=O) groups is 1. The van der Waals surface area contributed by atoms with Crippen molar-refractivity contribution in [3.63, 3.8) is 0 Å². The molecule has 3 aromatic rings. The van der Waals surface area contributed by atoms with Gasteiger partial charge in [-0.25, -0.2) is 9.50 Å². The van der Waals surface area contributed by atoms with E-state index < -0.39 is 0 Å². The fraction of sp³-hybridized carbons (Fsp3) is 0.385. The number of hydrogen-bond donors (Lipinski definition) is 1. The first kappa shape index (κ1) is 22.0. The summed E-state index contributed by atoms with van der Waals surface area (Å²) in [4.78, 5) is 19.3. The van der Waals surface area contributed by atoms with Crippen molar-refractivity contribution >= 4 is 17.2 Å². The molecular formula is C26H28N6O2. The number of amides is 1. The molecule has 0 aromatic carbocycles. The number of pyridine rings is 2. The highest BCUT2D eigenvalue weighted by Gasteiger charge is 2.43. The van der Waals surface area contributed by atoms with Crippen molar-refractivity contribution in [2.24, 2.45) is 11.8 Å². The molecule has 8 heteroatoms. The smallest absolute Gasteiger partial charge is 0.246 e. The number of nitrogens with one attached hydrogen (secondary N) is 1. The Balaban J connectivity index is 1.40. The van der Waals surface area contributed by atoms with Gasteiger partial charge < -0.3 is 15.0 Å². The van der Waals surface area contributed by atoms with Gasteiger partial charge in [0.25, 0.3) is 0 Å². The molecule has 1 N–H and O–H groups in total. The van der Waals surface area contributed by atoms with E-state index in [9.17, 15) is 10.1 Å². The van der Waals surface area contributed by atoms with Crippen LogP contribution in [0.25, 0.3) is 16.6 Å². The van der Waals surface area contributed by atoms with Crippen LogP contribution in [0.5, 0.6) is 5.75 Å². The van der Waals surface area contributed by atoms with Gasteiger partial charge in [0.2, 0.25) is 5.91 Å². The number of ether oxygens (including phenoxy) is 1. The Morgan fingerprint density at radius 1 is 1.29 bits per heavy atom. The summed E-state index contributed by atoms with van der Waals surface area (Å²) in [6.07, 6.45) is 7.44. The normalized spacial score (nSPS) is 21.3. The summed E-state index contributed by atoms with van der Waals surface area (Å²) in [5, 5.41) is 17.1. The maximum absolute atomic E-state index is 12.2. The van der Waals surface area contributed by atoms with E-state index in [2.05, 4.69) is 28.0 Å². The zero-order valence-electron chi connectivity index (χ0n) is 19.5. The molecule has 2 unspecified atom stereocenters. The monoisotopic (exact) mass is 456 g/mol. The number of hydrogen-bond acceptors (Lipinski definition) is 6. The van der Waals surface area contributed by atoms with E-state index in [4.69, 9.17) is 9.72 Å². The standard InChI is InChI=1S/C26H28N6O2/c1-4-34-21-9-22(25-20(10-27)12-29-32(25)15-21)17-7-8-23(28-11-17)31-13-18-5-6-19(14-31)24(18)30-26(33)16(2)3/h7-9,11-12,15,18-19,24H,2,4-6,13-14H2,1,3H3,(H,30,33). The van der Waals surface area contributed by atoms with Crippen LogP contribution < -0.4 is 15.0 Å². The van der Waals surface area contributed by atoms with Crippen LogP contribution in [0.15, 0.2) is 48.9 Å². The maximum Gasteiger partial charge on any atom is 0.246 e. The fourth-order valence-electron chi connectivity index (χ4n) is 5.30. The van der Waals surface area contributed by atoms with Gasteiger partial charge in [-0.1, -0.05) is 6.58 Å². The Labute approximate surface area is 198 Å². The molecule has 1 saturated carbocycles. The van der Waals surface area contributed by atoms with Crippen molar-refractivity contribution in [1.29, 1.82) is 5.26 Å². The summed E-state index contributed by atoms with van der Waals surface area (Å²) in [7, 11) is 0. The molecule has 8 nitrogen and oxygen atoms in total. The molecule has 2 bridgehead atoms. The molecular weight excluding hydrogens is 428 g/mol. The number of piperidine rings is 1. The predicted molar refractivity (Wildman–Crippen MR) is 129 cm³/mol. The highest BCUT2D eigenvalue weighted by molar-refractivity contribution is 5.92. The van der Waals surface area contributed by atoms with E-state index in [1.54, 1.807) is 23.8 Å². The van der Waals surface area contributed by atoms with Crippen LogP contribution in [-0.4, -0.2) is 46.2 Å². The molecule has 1 saturated heterocycles. The number of aromatic nitrogens is 3. The van der Waals surface area contributed by atoms with Gasteiger partial charge in [-0.05, 0) is 56.7 Å². The Morgan fingerprint density at radius 3 is 2.68 bits per heavy atom. The van der Waals surface area contributed by atoms with Crippen LogP contribution >= 0.6 is 0 Å². The van der Waals surface area contributed by atoms with Crippen LogP contribution in [0.1, 0.15) is 32.3 Å². The van der Waals surface area contributed by atoms with Crippen molar-refractivity contribution in [2.45, 2.75) is 32.7 Å². The Bertz CT molecular complexity index is 1280. The van der Waals surface area contributed by atoms with E-state index in [-0.39, 0.29) is 11.9 Å². The number of nitriles is 1. The first-order valence-corrected chi connectivity index (χ1v) is 11.7. The quantitative estimate of drug-likeness (QED) is 0.570. The number of rotatable bonds is 6. The van der Waals surface area contributed by atoms with Crippen LogP contribution in [0, 0.1) is 23.2 Å². The van der Waals surface area contributed by atoms with Crippen molar-refractivity contribution in [3.05, 3.63) is 54.5 Å². The molecule has 1 aliphatic carbocycles. The zero-order chi connectivity index (χ0) is 23.8. The van der Waals surface area contributed by atoms with Crippen molar-refractivity contribution in [3.8, 4) is 22.9 Å². The van der Waals surface area contributed by atoms with Crippen molar-refractivity contribution < 1.29 is 9.53 Å². The predicted octanol–water partition coefficient (Wildman–Crippen LogP) is 3.57. The number of carbonyl (C=O) groups excluding carboxylic acids is 1. The van der Waals surface area contributed by atoms with E-state index in [1.807, 2.05) is 31.3 Å². The summed E-state index contributed by atoms with van der Waals surface area (Å²) in [5.41, 5.74) is 3.57. The first-order valence-electron chi connectivity index (χ1n) is 11.7. The third-order valence-electron chi connectivity index (χ3n) is 6.92. The average Bonchev–Trinajstić information content (AvgIpc) is 3.34. The minimum Gasteiger partial charge on any atom is -0.492 e. The Hall–Kier alpha value is -3.86. The lowest BCUT2D eigenvalue weighted by molar-refractivity contribution is -0.118. The summed E-state index contributed by atoms with van der Waals surface area (Å²) in [6.45, 7) is 9.73. The first-order chi connectivity index (χ1) is 16.5. The van der Waals surface area contributed by atoms with Crippen LogP contribution in [0.2, 0.25) is 0 Å². The van der Waals surface area contributed by atoms with Gasteiger partial charge in [0.15, 0.2) is 0 Å². The average molecular weight is 457 g/mol. The van der Waals surface area contributed by atoms with E-state index in [0.29, 0.717) is 35.3 Å². The van der Waals surface area contributed by atoms with Gasteiger partial charge in [0, 0.05) is 42.0 Å². The van der Waals surface area contributed by atoms with Gasteiger partial charge >= 0.3 is 0 Å². The molecule has 2 aliphatic rings. The van der Waals surface area contributed by atoms with E-state index in [1.165, 1.54) is 0 Å². The molecule has 2 fully saturated rings. The second-order valence-electron chi connectivity index (χ2n) is 9.17. The molecule has 34 heavy (non-hydrogen) atoms. The molecule has 174 valence electrons. The van der Waals surface area contributed by atoms with E-state index in [0.717, 1.165) is 48.4 Å². The maximum atomic E-state index is 12.2. The summed E-state index contributed by atoms with van der Waals surface area (Å²) < 4.78 is 7.40. The van der Waals surface area contributed by atoms with Crippen molar-refractivity contribution in [1.82, 2.24) is 19.9 Å². The van der Waals surface area contributed by atoms with Crippen molar-refractivity contribution in [2.75, 3.05) is 24.6 Å². The molecule has 5 rings (SSSR count). The van der Waals surface area contributed by atoms with Gasteiger partial charge in [0.05, 0.1) is 30.1 Å². The highest BCUT2D eigenvalue weighted by atomic mass is 16.5. The third kappa shape index (κ3) is 3.87. The second-order valence-corrected chi connectivity index (χ2v) is 9.17. The van der Waals surface area contributed by atoms with Gasteiger partial charge in [0.1, 0.15) is 17.6 Å². The summed E-state index contributed by atoms with van der Waals surface area (Å²) in [5.74, 6) is 2.40. The second kappa shape index (κ2) is 8.82. The topological polar surface area (TPSA) is 95.5 Å². The lowest BCUT2D eigenvalue weighted by Crippen LogP contribution is -2.53. The minimum absolute atomic E-state index is 0.0463. The molecule has 0 spiro atoms. The Morgan fingerprint density at radius 2 is 2.06 bits per heavy atom. The molecule has 4 heterocycles. The summed E-state index contributed by atoms with van der Waals surface area (Å²) >= 11 is 0. The van der Waals surface area contributed by atoms with Gasteiger partial charge in [-0.3, -0.25) is 4.79 Å². The molecule has 2 atom stereocenters. The molecule has 1 aliphatic heterocycles. The largest absolute Gasteiger partial charge is 0.492 e. The fourth-order valence-corrected chi connectivity index (χ4v) is 5.30. The lowest BCUT2D eigenvalue weighted by Gasteiger charge is -2.39. The van der Waals surface area contributed by atoms with Crippen LogP contribution in [-0.2, 0) is 4.79 Å². The number of anilines is 1. The lowest BCUT2D eigenvalue weighted by atomic mass is 9.91.